The van der Waals surface area contributed by atoms with Crippen molar-refractivity contribution in [2.45, 2.75) is 6.17 Å². The van der Waals surface area contributed by atoms with Crippen molar-refractivity contribution in [3.8, 4) is 5.75 Å². The molecule has 0 bridgehead atoms. The molecule has 0 saturated heterocycles. The number of guanidine groups is 1. The highest BCUT2D eigenvalue weighted by Gasteiger charge is 2.26. The van der Waals surface area contributed by atoms with Gasteiger partial charge in [-0.1, -0.05) is 34.1 Å². The largest absolute Gasteiger partial charge is 0.491 e. The number of rotatable bonds is 4. The van der Waals surface area contributed by atoms with Crippen molar-refractivity contribution in [3.05, 3.63) is 52.5 Å². The number of benzene rings is 2. The SMILES string of the molecule is NC1=NC(c2ccc(OCCO)cc2Br)n2c(nc3ccccc32)N1. The second kappa shape index (κ2) is 6.38. The Labute approximate surface area is 152 Å². The minimum absolute atomic E-state index is 0.0289. The van der Waals surface area contributed by atoms with Crippen molar-refractivity contribution < 1.29 is 9.84 Å². The van der Waals surface area contributed by atoms with Gasteiger partial charge in [-0.2, -0.15) is 0 Å². The van der Waals surface area contributed by atoms with E-state index in [-0.39, 0.29) is 19.4 Å². The second-order valence-electron chi connectivity index (χ2n) is 5.56. The van der Waals surface area contributed by atoms with Gasteiger partial charge in [0.1, 0.15) is 12.4 Å². The van der Waals surface area contributed by atoms with Gasteiger partial charge in [0.2, 0.25) is 5.95 Å². The predicted molar refractivity (Wildman–Crippen MR) is 99.8 cm³/mol. The molecular formula is C17H16BrN5O2. The fourth-order valence-corrected chi connectivity index (χ4v) is 3.46. The van der Waals surface area contributed by atoms with Crippen LogP contribution in [-0.2, 0) is 0 Å². The number of ether oxygens (including phenoxy) is 1. The summed E-state index contributed by atoms with van der Waals surface area (Å²) in [7, 11) is 0. The van der Waals surface area contributed by atoms with Crippen molar-refractivity contribution in [1.82, 2.24) is 9.55 Å². The Kier molecular flexibility index (Phi) is 4.06. The maximum absolute atomic E-state index is 8.89. The molecule has 1 unspecified atom stereocenters. The Hall–Kier alpha value is -2.58. The first-order valence-corrected chi connectivity index (χ1v) is 8.57. The normalized spacial score (nSPS) is 16.2. The van der Waals surface area contributed by atoms with Crippen LogP contribution in [0.25, 0.3) is 11.0 Å². The van der Waals surface area contributed by atoms with E-state index in [4.69, 9.17) is 15.6 Å². The van der Waals surface area contributed by atoms with Gasteiger partial charge in [0, 0.05) is 10.0 Å². The number of aromatic nitrogens is 2. The van der Waals surface area contributed by atoms with E-state index in [9.17, 15) is 0 Å². The molecule has 0 aliphatic carbocycles. The third kappa shape index (κ3) is 2.83. The van der Waals surface area contributed by atoms with E-state index in [0.29, 0.717) is 17.7 Å². The lowest BCUT2D eigenvalue weighted by atomic mass is 10.1. The van der Waals surface area contributed by atoms with Crippen LogP contribution in [0.4, 0.5) is 5.95 Å². The molecule has 0 fully saturated rings. The number of anilines is 1. The number of nitrogens with zero attached hydrogens (tertiary/aromatic N) is 3. The van der Waals surface area contributed by atoms with Crippen LogP contribution >= 0.6 is 15.9 Å². The summed E-state index contributed by atoms with van der Waals surface area (Å²) >= 11 is 3.59. The first-order valence-electron chi connectivity index (χ1n) is 7.78. The van der Waals surface area contributed by atoms with Crippen LogP contribution in [0, 0.1) is 0 Å². The topological polar surface area (TPSA) is 97.7 Å². The number of halogens is 1. The summed E-state index contributed by atoms with van der Waals surface area (Å²) in [6.45, 7) is 0.222. The third-order valence-corrected chi connectivity index (χ3v) is 4.64. The zero-order valence-corrected chi connectivity index (χ0v) is 14.8. The molecule has 1 aliphatic rings. The zero-order valence-electron chi connectivity index (χ0n) is 13.2. The van der Waals surface area contributed by atoms with Crippen LogP contribution in [-0.4, -0.2) is 33.8 Å². The van der Waals surface area contributed by atoms with Gasteiger partial charge in [0.05, 0.1) is 17.6 Å². The van der Waals surface area contributed by atoms with Crippen LogP contribution in [0.2, 0.25) is 0 Å². The third-order valence-electron chi connectivity index (χ3n) is 3.95. The van der Waals surface area contributed by atoms with Gasteiger partial charge in [0.15, 0.2) is 12.1 Å². The molecule has 3 aromatic rings. The molecule has 25 heavy (non-hydrogen) atoms. The molecule has 128 valence electrons. The van der Waals surface area contributed by atoms with E-state index in [2.05, 4.69) is 31.2 Å². The summed E-state index contributed by atoms with van der Waals surface area (Å²) in [5.74, 6) is 1.65. The maximum atomic E-state index is 8.89. The Balaban J connectivity index is 1.81. The molecule has 1 atom stereocenters. The number of imidazole rings is 1. The summed E-state index contributed by atoms with van der Waals surface area (Å²) in [5, 5.41) is 11.9. The highest BCUT2D eigenvalue weighted by Crippen LogP contribution is 2.36. The highest BCUT2D eigenvalue weighted by atomic mass is 79.9. The van der Waals surface area contributed by atoms with Gasteiger partial charge < -0.3 is 15.6 Å². The van der Waals surface area contributed by atoms with Gasteiger partial charge in [-0.15, -0.1) is 0 Å². The minimum atomic E-state index is -0.343. The molecule has 0 spiro atoms. The van der Waals surface area contributed by atoms with Crippen molar-refractivity contribution in [2.75, 3.05) is 18.5 Å². The maximum Gasteiger partial charge on any atom is 0.212 e. The minimum Gasteiger partial charge on any atom is -0.491 e. The molecule has 1 aliphatic heterocycles. The van der Waals surface area contributed by atoms with Crippen molar-refractivity contribution in [1.29, 1.82) is 0 Å². The van der Waals surface area contributed by atoms with Gasteiger partial charge in [-0.25, -0.2) is 9.98 Å². The van der Waals surface area contributed by atoms with E-state index in [1.807, 2.05) is 47.0 Å². The lowest BCUT2D eigenvalue weighted by molar-refractivity contribution is 0.201. The van der Waals surface area contributed by atoms with E-state index < -0.39 is 0 Å². The molecular weight excluding hydrogens is 386 g/mol. The number of para-hydroxylation sites is 2. The number of aliphatic hydroxyl groups excluding tert-OH is 1. The van der Waals surface area contributed by atoms with Crippen molar-refractivity contribution >= 4 is 38.9 Å². The van der Waals surface area contributed by atoms with Gasteiger partial charge in [0.25, 0.3) is 0 Å². The fraction of sp³-hybridized carbons (Fsp3) is 0.176. The molecule has 7 nitrogen and oxygen atoms in total. The first-order chi connectivity index (χ1) is 12.2. The number of nitrogens with two attached hydrogens (primary N) is 1. The molecule has 8 heteroatoms. The first kappa shape index (κ1) is 15.9. The molecule has 0 radical (unpaired) electrons. The van der Waals surface area contributed by atoms with Crippen molar-refractivity contribution in [2.24, 2.45) is 10.7 Å². The number of hydrogen-bond acceptors (Lipinski definition) is 6. The second-order valence-corrected chi connectivity index (χ2v) is 6.42. The Morgan fingerprint density at radius 2 is 2.12 bits per heavy atom. The van der Waals surface area contributed by atoms with E-state index >= 15 is 0 Å². The lowest BCUT2D eigenvalue weighted by Crippen LogP contribution is -2.31. The highest BCUT2D eigenvalue weighted by molar-refractivity contribution is 9.10. The molecule has 2 heterocycles. The average molecular weight is 402 g/mol. The zero-order chi connectivity index (χ0) is 17.4. The van der Waals surface area contributed by atoms with Crippen LogP contribution in [0.5, 0.6) is 5.75 Å². The summed E-state index contributed by atoms with van der Waals surface area (Å²) in [4.78, 5) is 9.15. The van der Waals surface area contributed by atoms with Gasteiger partial charge in [-0.05, 0) is 24.3 Å². The lowest BCUT2D eigenvalue weighted by Gasteiger charge is -2.24. The standard InChI is InChI=1S/C17H16BrN5O2/c18-12-9-10(25-8-7-24)5-6-11(12)15-21-16(19)22-17-20-13-3-1-2-4-14(13)23(15)17/h1-6,9,15,24H,7-8H2,(H3,19,20,21,22). The molecule has 2 aromatic carbocycles. The van der Waals surface area contributed by atoms with E-state index in [1.54, 1.807) is 0 Å². The van der Waals surface area contributed by atoms with E-state index in [0.717, 1.165) is 21.1 Å². The summed E-state index contributed by atoms with van der Waals surface area (Å²) in [6, 6.07) is 13.5. The summed E-state index contributed by atoms with van der Waals surface area (Å²) < 4.78 is 8.31. The molecule has 1 aromatic heterocycles. The smallest absolute Gasteiger partial charge is 0.212 e. The van der Waals surface area contributed by atoms with E-state index in [1.165, 1.54) is 0 Å². The van der Waals surface area contributed by atoms with Gasteiger partial charge in [-0.3, -0.25) is 9.88 Å². The number of aliphatic imine (C=N–C) groups is 1. The average Bonchev–Trinajstić information content (AvgIpc) is 2.97. The van der Waals surface area contributed by atoms with Crippen LogP contribution in [0.15, 0.2) is 51.9 Å². The Morgan fingerprint density at radius 3 is 2.92 bits per heavy atom. The number of fused-ring (bicyclic) bond motifs is 3. The fourth-order valence-electron chi connectivity index (χ4n) is 2.90. The molecule has 0 saturated carbocycles. The number of nitrogens with one attached hydrogen (secondary N) is 1. The summed E-state index contributed by atoms with van der Waals surface area (Å²) in [6.07, 6.45) is -0.343. The quantitative estimate of drug-likeness (QED) is 0.623. The van der Waals surface area contributed by atoms with Crippen molar-refractivity contribution in [3.63, 3.8) is 0 Å². The van der Waals surface area contributed by atoms with Crippen LogP contribution < -0.4 is 15.8 Å². The van der Waals surface area contributed by atoms with Gasteiger partial charge >= 0.3 is 0 Å². The van der Waals surface area contributed by atoms with Crippen LogP contribution in [0.1, 0.15) is 11.7 Å². The van der Waals surface area contributed by atoms with Crippen LogP contribution in [0.3, 0.4) is 0 Å². The summed E-state index contributed by atoms with van der Waals surface area (Å²) in [5.41, 5.74) is 8.74. The molecule has 4 rings (SSSR count). The number of hydrogen-bond donors (Lipinski definition) is 3. The molecule has 4 N–H and O–H groups in total. The molecule has 0 amide bonds. The Morgan fingerprint density at radius 1 is 1.28 bits per heavy atom. The Bertz CT molecular complexity index is 969. The predicted octanol–water partition coefficient (Wildman–Crippen LogP) is 2.46. The number of aliphatic hydroxyl groups is 1. The monoisotopic (exact) mass is 401 g/mol.